The van der Waals surface area contributed by atoms with Crippen LogP contribution in [0.4, 0.5) is 11.4 Å². The summed E-state index contributed by atoms with van der Waals surface area (Å²) in [5, 5.41) is 3.22. The Morgan fingerprint density at radius 3 is 2.24 bits per heavy atom. The lowest BCUT2D eigenvalue weighted by molar-refractivity contribution is -0.123. The zero-order valence-corrected chi connectivity index (χ0v) is 18.7. The number of amides is 3. The van der Waals surface area contributed by atoms with E-state index < -0.39 is 18.5 Å². The molecule has 2 aliphatic carbocycles. The monoisotopic (exact) mass is 484 g/mol. The molecule has 0 radical (unpaired) electrons. The van der Waals surface area contributed by atoms with Crippen LogP contribution >= 0.6 is 23.2 Å². The van der Waals surface area contributed by atoms with E-state index in [9.17, 15) is 19.2 Å². The number of ether oxygens (including phenoxy) is 1. The first kappa shape index (κ1) is 21.7. The molecule has 0 aromatic heterocycles. The maximum Gasteiger partial charge on any atom is 0.338 e. The number of nitrogens with zero attached hydrogens (tertiary/aromatic N) is 1. The Labute approximate surface area is 199 Å². The van der Waals surface area contributed by atoms with Gasteiger partial charge in [0.05, 0.1) is 33.8 Å². The van der Waals surface area contributed by atoms with Crippen molar-refractivity contribution >= 4 is 58.3 Å². The zero-order valence-electron chi connectivity index (χ0n) is 17.2. The van der Waals surface area contributed by atoms with E-state index >= 15 is 0 Å². The molecule has 1 saturated carbocycles. The number of carbonyl (C=O) groups is 4. The molecule has 1 heterocycles. The Kier molecular flexibility index (Phi) is 5.46. The Bertz CT molecular complexity index is 1180. The quantitative estimate of drug-likeness (QED) is 0.391. The number of fused-ring (bicyclic) bond motifs is 5. The Morgan fingerprint density at radius 2 is 1.61 bits per heavy atom. The highest BCUT2D eigenvalue weighted by atomic mass is 35.5. The lowest BCUT2D eigenvalue weighted by Gasteiger charge is -2.17. The van der Waals surface area contributed by atoms with Crippen molar-refractivity contribution in [2.24, 2.45) is 23.7 Å². The van der Waals surface area contributed by atoms with Gasteiger partial charge in [0.15, 0.2) is 6.61 Å². The summed E-state index contributed by atoms with van der Waals surface area (Å²) in [7, 11) is 0. The predicted molar refractivity (Wildman–Crippen MR) is 122 cm³/mol. The van der Waals surface area contributed by atoms with Crippen LogP contribution in [0.1, 0.15) is 16.8 Å². The minimum atomic E-state index is -0.716. The molecule has 3 amide bonds. The second kappa shape index (κ2) is 8.32. The topological polar surface area (TPSA) is 92.8 Å². The summed E-state index contributed by atoms with van der Waals surface area (Å²) in [6, 6.07) is 10.6. The number of hydrogen-bond donors (Lipinski definition) is 1. The molecule has 4 atom stereocenters. The summed E-state index contributed by atoms with van der Waals surface area (Å²) in [4.78, 5) is 51.4. The van der Waals surface area contributed by atoms with E-state index in [1.54, 1.807) is 6.07 Å². The van der Waals surface area contributed by atoms with E-state index in [1.165, 1.54) is 41.3 Å². The number of nitrogens with one attached hydrogen (secondary N) is 1. The van der Waals surface area contributed by atoms with E-state index in [-0.39, 0.29) is 41.0 Å². The van der Waals surface area contributed by atoms with Crippen molar-refractivity contribution in [3.8, 4) is 0 Å². The average molecular weight is 485 g/mol. The number of esters is 1. The van der Waals surface area contributed by atoms with Gasteiger partial charge in [-0.15, -0.1) is 0 Å². The van der Waals surface area contributed by atoms with Gasteiger partial charge in [-0.25, -0.2) is 4.79 Å². The highest BCUT2D eigenvalue weighted by molar-refractivity contribution is 6.35. The van der Waals surface area contributed by atoms with Crippen LogP contribution in [0, 0.1) is 23.7 Å². The van der Waals surface area contributed by atoms with Crippen molar-refractivity contribution in [1.29, 1.82) is 0 Å². The van der Waals surface area contributed by atoms with Crippen molar-refractivity contribution in [3.63, 3.8) is 0 Å². The van der Waals surface area contributed by atoms with Crippen LogP contribution in [0.15, 0.2) is 54.6 Å². The summed E-state index contributed by atoms with van der Waals surface area (Å²) in [5.74, 6) is -1.99. The lowest BCUT2D eigenvalue weighted by Crippen LogP contribution is -2.32. The molecule has 5 rings (SSSR count). The van der Waals surface area contributed by atoms with Crippen molar-refractivity contribution < 1.29 is 23.9 Å². The minimum Gasteiger partial charge on any atom is -0.452 e. The van der Waals surface area contributed by atoms with Crippen LogP contribution in [0.2, 0.25) is 10.0 Å². The van der Waals surface area contributed by atoms with Crippen LogP contribution in [0.3, 0.4) is 0 Å². The molecule has 9 heteroatoms. The first-order chi connectivity index (χ1) is 15.8. The molecule has 7 nitrogen and oxygen atoms in total. The van der Waals surface area contributed by atoms with Gasteiger partial charge in [0.1, 0.15) is 0 Å². The van der Waals surface area contributed by atoms with E-state index in [0.717, 1.165) is 6.42 Å². The fourth-order valence-electron chi connectivity index (χ4n) is 4.90. The first-order valence-electron chi connectivity index (χ1n) is 10.4. The van der Waals surface area contributed by atoms with Crippen LogP contribution in [0.25, 0.3) is 0 Å². The molecule has 1 saturated heterocycles. The van der Waals surface area contributed by atoms with Gasteiger partial charge in [-0.1, -0.05) is 35.4 Å². The van der Waals surface area contributed by atoms with Gasteiger partial charge >= 0.3 is 5.97 Å². The summed E-state index contributed by atoms with van der Waals surface area (Å²) in [6.07, 6.45) is 4.94. The van der Waals surface area contributed by atoms with Crippen molar-refractivity contribution in [1.82, 2.24) is 0 Å². The predicted octanol–water partition coefficient (Wildman–Crippen LogP) is 4.10. The number of allylic oxidation sites excluding steroid dienone is 2. The van der Waals surface area contributed by atoms with Gasteiger partial charge in [0, 0.05) is 5.02 Å². The Morgan fingerprint density at radius 1 is 0.970 bits per heavy atom. The van der Waals surface area contributed by atoms with Crippen molar-refractivity contribution in [2.75, 3.05) is 16.8 Å². The fourth-order valence-corrected chi connectivity index (χ4v) is 5.23. The molecule has 0 spiro atoms. The second-order valence-corrected chi connectivity index (χ2v) is 9.15. The number of imide groups is 1. The number of benzene rings is 2. The minimum absolute atomic E-state index is 0.128. The van der Waals surface area contributed by atoms with Crippen LogP contribution in [-0.4, -0.2) is 30.3 Å². The molecule has 168 valence electrons. The third-order valence-electron chi connectivity index (χ3n) is 6.37. The van der Waals surface area contributed by atoms with Crippen LogP contribution in [0.5, 0.6) is 0 Å². The molecule has 0 unspecified atom stereocenters. The van der Waals surface area contributed by atoms with E-state index in [2.05, 4.69) is 5.32 Å². The summed E-state index contributed by atoms with van der Waals surface area (Å²) >= 11 is 11.9. The van der Waals surface area contributed by atoms with Crippen LogP contribution < -0.4 is 10.2 Å². The second-order valence-electron chi connectivity index (χ2n) is 8.31. The SMILES string of the molecule is O=C(COC(=O)c1ccc(N2C(=O)[C@H]3[C@H](C2=O)[C@H]2C=C[C@H]3C2)cc1)Nc1cc(Cl)ccc1Cl. The zero-order chi connectivity index (χ0) is 23.3. The Balaban J connectivity index is 1.21. The summed E-state index contributed by atoms with van der Waals surface area (Å²) < 4.78 is 5.05. The normalized spacial score (nSPS) is 24.8. The van der Waals surface area contributed by atoms with Gasteiger partial charge in [-0.05, 0) is 60.7 Å². The third-order valence-corrected chi connectivity index (χ3v) is 6.93. The molecular formula is C24H18Cl2N2O5. The molecule has 2 fully saturated rings. The fraction of sp³-hybridized carbons (Fsp3) is 0.250. The van der Waals surface area contributed by atoms with Gasteiger partial charge in [0.25, 0.3) is 5.91 Å². The molecular weight excluding hydrogens is 467 g/mol. The molecule has 3 aliphatic rings. The third kappa shape index (κ3) is 3.81. The Hall–Kier alpha value is -3.16. The molecule has 1 N–H and O–H groups in total. The van der Waals surface area contributed by atoms with Crippen molar-refractivity contribution in [2.45, 2.75) is 6.42 Å². The molecule has 2 bridgehead atoms. The highest BCUT2D eigenvalue weighted by Crippen LogP contribution is 2.53. The number of rotatable bonds is 5. The van der Waals surface area contributed by atoms with E-state index in [4.69, 9.17) is 27.9 Å². The van der Waals surface area contributed by atoms with Crippen molar-refractivity contribution in [3.05, 3.63) is 70.2 Å². The molecule has 1 aliphatic heterocycles. The molecule has 33 heavy (non-hydrogen) atoms. The maximum atomic E-state index is 12.9. The van der Waals surface area contributed by atoms with Crippen LogP contribution in [-0.2, 0) is 19.1 Å². The number of carbonyl (C=O) groups excluding carboxylic acids is 4. The van der Waals surface area contributed by atoms with Gasteiger partial charge in [-0.2, -0.15) is 0 Å². The summed E-state index contributed by atoms with van der Waals surface area (Å²) in [5.41, 5.74) is 0.917. The van der Waals surface area contributed by atoms with Gasteiger partial charge in [-0.3, -0.25) is 19.3 Å². The highest BCUT2D eigenvalue weighted by Gasteiger charge is 2.59. The smallest absolute Gasteiger partial charge is 0.338 e. The first-order valence-corrected chi connectivity index (χ1v) is 11.2. The lowest BCUT2D eigenvalue weighted by atomic mass is 9.85. The van der Waals surface area contributed by atoms with E-state index in [1.807, 2.05) is 12.2 Å². The number of hydrogen-bond acceptors (Lipinski definition) is 5. The maximum absolute atomic E-state index is 12.9. The number of halogens is 2. The summed E-state index contributed by atoms with van der Waals surface area (Å²) in [6.45, 7) is -0.522. The molecule has 2 aromatic rings. The van der Waals surface area contributed by atoms with Gasteiger partial charge < -0.3 is 10.1 Å². The average Bonchev–Trinajstić information content (AvgIpc) is 3.48. The van der Waals surface area contributed by atoms with Gasteiger partial charge in [0.2, 0.25) is 11.8 Å². The van der Waals surface area contributed by atoms with E-state index in [0.29, 0.717) is 21.4 Å². The number of anilines is 2. The molecule has 2 aromatic carbocycles. The standard InChI is InChI=1S/C24H18Cl2N2O5/c25-15-5-8-17(26)18(10-15)27-19(29)11-33-24(32)12-3-6-16(7-4-12)28-22(30)20-13-1-2-14(9-13)21(20)23(28)31/h1-8,10,13-14,20-21H,9,11H2,(H,27,29)/t13-,14-,20+,21+/m0/s1. The largest absolute Gasteiger partial charge is 0.452 e.